The average molecular weight is 359 g/mol. The van der Waals surface area contributed by atoms with Crippen molar-refractivity contribution in [2.45, 2.75) is 13.8 Å². The number of hydrogen-bond donors (Lipinski definition) is 1. The molecule has 0 aliphatic rings. The van der Waals surface area contributed by atoms with Crippen LogP contribution in [0.3, 0.4) is 0 Å². The minimum atomic E-state index is -0.593. The van der Waals surface area contributed by atoms with Crippen molar-refractivity contribution in [3.05, 3.63) is 45.7 Å². The maximum absolute atomic E-state index is 12.8. The van der Waals surface area contributed by atoms with Crippen LogP contribution in [0.4, 0.5) is 5.00 Å². The van der Waals surface area contributed by atoms with Gasteiger partial charge < -0.3 is 15.2 Å². The van der Waals surface area contributed by atoms with E-state index in [1.165, 1.54) is 11.3 Å². The third kappa shape index (κ3) is 3.08. The fourth-order valence-corrected chi connectivity index (χ4v) is 3.24. The zero-order chi connectivity index (χ0) is 18.0. The summed E-state index contributed by atoms with van der Waals surface area (Å²) in [5, 5.41) is 6.89. The van der Waals surface area contributed by atoms with Gasteiger partial charge in [-0.3, -0.25) is 4.79 Å². The lowest BCUT2D eigenvalue weighted by molar-refractivity contribution is 0.0520. The lowest BCUT2D eigenvalue weighted by Crippen LogP contribution is -2.25. The molecule has 0 spiro atoms. The summed E-state index contributed by atoms with van der Waals surface area (Å²) >= 11 is 1.19. The van der Waals surface area contributed by atoms with Crippen molar-refractivity contribution < 1.29 is 14.3 Å². The Hall–Kier alpha value is -2.87. The first-order valence-electron chi connectivity index (χ1n) is 7.77. The summed E-state index contributed by atoms with van der Waals surface area (Å²) in [7, 11) is 0. The molecule has 2 N–H and O–H groups in total. The molecule has 8 heteroatoms. The van der Waals surface area contributed by atoms with Crippen molar-refractivity contribution in [1.29, 1.82) is 0 Å². The van der Waals surface area contributed by atoms with E-state index in [9.17, 15) is 9.59 Å². The minimum absolute atomic E-state index is 0.0679. The van der Waals surface area contributed by atoms with Gasteiger partial charge in [0, 0.05) is 10.8 Å². The number of thiophene rings is 1. The Morgan fingerprint density at radius 1 is 1.24 bits per heavy atom. The van der Waals surface area contributed by atoms with E-state index < -0.39 is 5.97 Å². The number of fused-ring (bicyclic) bond motifs is 1. The number of nitrogen functional groups attached to an aromatic ring is 1. The van der Waals surface area contributed by atoms with Crippen LogP contribution in [-0.2, 0) is 4.74 Å². The van der Waals surface area contributed by atoms with Gasteiger partial charge >= 0.3 is 5.97 Å². The maximum atomic E-state index is 12.8. The van der Waals surface area contributed by atoms with Gasteiger partial charge in [0.2, 0.25) is 0 Å². The van der Waals surface area contributed by atoms with Crippen molar-refractivity contribution in [3.8, 4) is 11.4 Å². The first kappa shape index (κ1) is 17.0. The number of rotatable bonds is 5. The Kier molecular flexibility index (Phi) is 4.71. The highest BCUT2D eigenvalue weighted by molar-refractivity contribution is 7.15. The maximum Gasteiger partial charge on any atom is 0.359 e. The molecule has 0 aliphatic carbocycles. The highest BCUT2D eigenvalue weighted by Gasteiger charge is 2.21. The van der Waals surface area contributed by atoms with Gasteiger partial charge in [-0.15, -0.1) is 11.3 Å². The number of anilines is 1. The number of aromatic nitrogens is 2. The summed E-state index contributed by atoms with van der Waals surface area (Å²) in [5.74, 6) is 0.0889. The molecule has 7 nitrogen and oxygen atoms in total. The van der Waals surface area contributed by atoms with E-state index >= 15 is 0 Å². The average Bonchev–Trinajstić information content (AvgIpc) is 2.99. The number of esters is 1. The van der Waals surface area contributed by atoms with E-state index in [1.54, 1.807) is 36.6 Å². The van der Waals surface area contributed by atoms with Crippen LogP contribution in [0.15, 0.2) is 34.4 Å². The normalized spacial score (nSPS) is 10.8. The number of benzene rings is 1. The van der Waals surface area contributed by atoms with Gasteiger partial charge in [0.1, 0.15) is 5.75 Å². The number of hydrogen-bond acceptors (Lipinski definition) is 7. The van der Waals surface area contributed by atoms with Gasteiger partial charge in [-0.1, -0.05) is 0 Å². The van der Waals surface area contributed by atoms with Crippen molar-refractivity contribution in [3.63, 3.8) is 0 Å². The van der Waals surface area contributed by atoms with E-state index in [-0.39, 0.29) is 23.2 Å². The van der Waals surface area contributed by atoms with Gasteiger partial charge in [0.25, 0.3) is 5.56 Å². The quantitative estimate of drug-likeness (QED) is 0.704. The first-order chi connectivity index (χ1) is 12.1. The fraction of sp³-hybridized carbons (Fsp3) is 0.235. The van der Waals surface area contributed by atoms with Crippen LogP contribution in [-0.4, -0.2) is 29.0 Å². The molecule has 2 heterocycles. The predicted octanol–water partition coefficient (Wildman–Crippen LogP) is 2.60. The highest BCUT2D eigenvalue weighted by atomic mass is 32.1. The standard InChI is InChI=1S/C17H17N3O4S/c1-3-23-11-7-5-10(6-8-11)20-16(21)13-12(9-25-15(13)18)14(19-20)17(22)24-4-2/h5-9H,3-4,18H2,1-2H3. The van der Waals surface area contributed by atoms with Crippen molar-refractivity contribution >= 4 is 33.1 Å². The summed E-state index contributed by atoms with van der Waals surface area (Å²) in [6.45, 7) is 4.35. The van der Waals surface area contributed by atoms with Crippen LogP contribution in [0.1, 0.15) is 24.3 Å². The zero-order valence-corrected chi connectivity index (χ0v) is 14.6. The van der Waals surface area contributed by atoms with Gasteiger partial charge in [-0.05, 0) is 38.1 Å². The molecule has 0 fully saturated rings. The zero-order valence-electron chi connectivity index (χ0n) is 13.8. The Bertz CT molecular complexity index is 976. The highest BCUT2D eigenvalue weighted by Crippen LogP contribution is 2.28. The van der Waals surface area contributed by atoms with Crippen LogP contribution in [0.5, 0.6) is 5.75 Å². The molecule has 0 atom stereocenters. The molecular weight excluding hydrogens is 342 g/mol. The molecule has 0 saturated carbocycles. The largest absolute Gasteiger partial charge is 0.494 e. The molecule has 0 saturated heterocycles. The summed E-state index contributed by atoms with van der Waals surface area (Å²) in [6, 6.07) is 6.86. The fourth-order valence-electron chi connectivity index (χ4n) is 2.45. The molecule has 1 aromatic carbocycles. The molecule has 0 unspecified atom stereocenters. The third-order valence-corrected chi connectivity index (χ3v) is 4.35. The lowest BCUT2D eigenvalue weighted by atomic mass is 10.2. The summed E-state index contributed by atoms with van der Waals surface area (Å²) in [6.07, 6.45) is 0. The molecule has 0 aliphatic heterocycles. The summed E-state index contributed by atoms with van der Waals surface area (Å²) in [5.41, 5.74) is 6.13. The van der Waals surface area contributed by atoms with E-state index in [1.807, 2.05) is 6.92 Å². The second kappa shape index (κ2) is 6.94. The topological polar surface area (TPSA) is 96.4 Å². The van der Waals surface area contributed by atoms with Crippen molar-refractivity contribution in [2.75, 3.05) is 18.9 Å². The SMILES string of the molecule is CCOC(=O)c1nn(-c2ccc(OCC)cc2)c(=O)c2c(N)scc12. The molecule has 0 bridgehead atoms. The van der Waals surface area contributed by atoms with Crippen LogP contribution in [0.2, 0.25) is 0 Å². The van der Waals surface area contributed by atoms with Crippen LogP contribution in [0.25, 0.3) is 16.5 Å². The van der Waals surface area contributed by atoms with E-state index in [0.29, 0.717) is 28.4 Å². The summed E-state index contributed by atoms with van der Waals surface area (Å²) in [4.78, 5) is 25.0. The lowest BCUT2D eigenvalue weighted by Gasteiger charge is -2.10. The molecule has 130 valence electrons. The Labute approximate surface area is 147 Å². The Balaban J connectivity index is 2.20. The molecule has 3 rings (SSSR count). The first-order valence-corrected chi connectivity index (χ1v) is 8.65. The van der Waals surface area contributed by atoms with Gasteiger partial charge in [-0.25, -0.2) is 4.79 Å². The molecule has 2 aromatic heterocycles. The number of carbonyl (C=O) groups is 1. The number of ether oxygens (including phenoxy) is 2. The number of nitrogens with zero attached hydrogens (tertiary/aromatic N) is 2. The van der Waals surface area contributed by atoms with Crippen LogP contribution >= 0.6 is 11.3 Å². The van der Waals surface area contributed by atoms with E-state index in [2.05, 4.69) is 5.10 Å². The molecule has 3 aromatic rings. The second-order valence-electron chi connectivity index (χ2n) is 5.10. The van der Waals surface area contributed by atoms with Gasteiger partial charge in [0.05, 0.1) is 29.3 Å². The summed E-state index contributed by atoms with van der Waals surface area (Å²) < 4.78 is 11.6. The smallest absolute Gasteiger partial charge is 0.359 e. The third-order valence-electron chi connectivity index (χ3n) is 3.54. The second-order valence-corrected chi connectivity index (χ2v) is 6.01. The number of nitrogens with two attached hydrogens (primary N) is 1. The predicted molar refractivity (Wildman–Crippen MR) is 96.8 cm³/mol. The van der Waals surface area contributed by atoms with E-state index in [4.69, 9.17) is 15.2 Å². The molecular formula is C17H17N3O4S. The minimum Gasteiger partial charge on any atom is -0.494 e. The molecule has 0 amide bonds. The van der Waals surface area contributed by atoms with Crippen LogP contribution in [0, 0.1) is 0 Å². The van der Waals surface area contributed by atoms with Crippen LogP contribution < -0.4 is 16.0 Å². The monoisotopic (exact) mass is 359 g/mol. The Morgan fingerprint density at radius 3 is 2.60 bits per heavy atom. The Morgan fingerprint density at radius 2 is 1.96 bits per heavy atom. The number of carbonyl (C=O) groups excluding carboxylic acids is 1. The van der Waals surface area contributed by atoms with Crippen molar-refractivity contribution in [1.82, 2.24) is 9.78 Å². The van der Waals surface area contributed by atoms with E-state index in [0.717, 1.165) is 4.68 Å². The van der Waals surface area contributed by atoms with Gasteiger partial charge in [0.15, 0.2) is 5.69 Å². The van der Waals surface area contributed by atoms with Crippen molar-refractivity contribution in [2.24, 2.45) is 0 Å². The molecule has 0 radical (unpaired) electrons. The van der Waals surface area contributed by atoms with Gasteiger partial charge in [-0.2, -0.15) is 9.78 Å². The molecule has 25 heavy (non-hydrogen) atoms.